The Labute approximate surface area is 174 Å². The van der Waals surface area contributed by atoms with E-state index in [2.05, 4.69) is 0 Å². The Hall–Kier alpha value is -2.78. The van der Waals surface area contributed by atoms with Crippen molar-refractivity contribution in [3.05, 3.63) is 65.5 Å². The van der Waals surface area contributed by atoms with Crippen LogP contribution in [-0.2, 0) is 19.5 Å². The minimum Gasteiger partial charge on any atom is -0.458 e. The molecule has 9 heteroatoms. The first-order chi connectivity index (χ1) is 14.4. The average molecular weight is 435 g/mol. The Balaban J connectivity index is 1.60. The number of carbonyl (C=O) groups excluding carboxylic acids is 2. The molecule has 3 rings (SSSR count). The van der Waals surface area contributed by atoms with Crippen LogP contribution in [0.3, 0.4) is 0 Å². The number of carbonyl (C=O) groups is 2. The molecule has 0 N–H and O–H groups in total. The Morgan fingerprint density at radius 2 is 1.47 bits per heavy atom. The van der Waals surface area contributed by atoms with Crippen molar-refractivity contribution in [2.45, 2.75) is 24.2 Å². The average Bonchev–Trinajstić information content (AvgIpc) is 2.77. The summed E-state index contributed by atoms with van der Waals surface area (Å²) in [5, 5.41) is 0. The lowest BCUT2D eigenvalue weighted by molar-refractivity contribution is 0.0265. The number of piperidine rings is 1. The molecule has 0 spiro atoms. The predicted molar refractivity (Wildman–Crippen MR) is 106 cm³/mol. The van der Waals surface area contributed by atoms with E-state index in [0.717, 1.165) is 24.6 Å². The summed E-state index contributed by atoms with van der Waals surface area (Å²) >= 11 is 0. The van der Waals surface area contributed by atoms with Gasteiger partial charge in [0, 0.05) is 13.1 Å². The van der Waals surface area contributed by atoms with Crippen LogP contribution in [0.1, 0.15) is 40.0 Å². The molecule has 0 radical (unpaired) electrons. The smallest absolute Gasteiger partial charge is 0.338 e. The van der Waals surface area contributed by atoms with Crippen molar-refractivity contribution in [3.8, 4) is 0 Å². The third kappa shape index (κ3) is 5.22. The molecule has 0 atom stereocenters. The first-order valence-corrected chi connectivity index (χ1v) is 11.0. The summed E-state index contributed by atoms with van der Waals surface area (Å²) in [7, 11) is -4.03. The Morgan fingerprint density at radius 3 is 2.10 bits per heavy atom. The zero-order valence-corrected chi connectivity index (χ0v) is 17.1. The van der Waals surface area contributed by atoms with E-state index >= 15 is 0 Å². The van der Waals surface area contributed by atoms with Crippen LogP contribution in [0.5, 0.6) is 0 Å². The molecule has 0 saturated carbocycles. The molecule has 2 aromatic carbocycles. The van der Waals surface area contributed by atoms with Crippen LogP contribution in [0, 0.1) is 5.82 Å². The molecule has 2 aromatic rings. The van der Waals surface area contributed by atoms with Crippen molar-refractivity contribution in [1.29, 1.82) is 0 Å². The Kier molecular flexibility index (Phi) is 7.17. The fourth-order valence-corrected chi connectivity index (χ4v) is 4.69. The van der Waals surface area contributed by atoms with Crippen molar-refractivity contribution in [3.63, 3.8) is 0 Å². The number of rotatable bonds is 7. The third-order valence-electron chi connectivity index (χ3n) is 4.66. The van der Waals surface area contributed by atoms with Crippen molar-refractivity contribution < 1.29 is 31.9 Å². The topological polar surface area (TPSA) is 90.0 Å². The highest BCUT2D eigenvalue weighted by Gasteiger charge is 2.29. The van der Waals surface area contributed by atoms with Crippen LogP contribution in [0.15, 0.2) is 53.4 Å². The molecular weight excluding hydrogens is 413 g/mol. The van der Waals surface area contributed by atoms with Crippen molar-refractivity contribution >= 4 is 22.0 Å². The van der Waals surface area contributed by atoms with Crippen LogP contribution >= 0.6 is 0 Å². The van der Waals surface area contributed by atoms with Crippen LogP contribution < -0.4 is 0 Å². The first kappa shape index (κ1) is 21.9. The SMILES string of the molecule is O=C(OCCOC(=O)c1ccc(F)c(S(=O)(=O)N2CCCCC2)c1)c1ccccc1. The molecular formula is C21H22FNO6S. The number of sulfonamides is 1. The van der Waals surface area contributed by atoms with Gasteiger partial charge in [-0.05, 0) is 43.2 Å². The molecule has 1 aliphatic heterocycles. The van der Waals surface area contributed by atoms with E-state index in [9.17, 15) is 22.4 Å². The Morgan fingerprint density at radius 1 is 0.867 bits per heavy atom. The van der Waals surface area contributed by atoms with Gasteiger partial charge in [0.05, 0.1) is 11.1 Å². The molecule has 7 nitrogen and oxygen atoms in total. The second-order valence-electron chi connectivity index (χ2n) is 6.75. The number of esters is 2. The van der Waals surface area contributed by atoms with Gasteiger partial charge < -0.3 is 9.47 Å². The molecule has 0 aromatic heterocycles. The summed E-state index contributed by atoms with van der Waals surface area (Å²) in [5.41, 5.74) is 0.274. The van der Waals surface area contributed by atoms with E-state index in [1.807, 2.05) is 0 Å². The van der Waals surface area contributed by atoms with Gasteiger partial charge in [-0.15, -0.1) is 0 Å². The molecule has 0 bridgehead atoms. The monoisotopic (exact) mass is 435 g/mol. The maximum Gasteiger partial charge on any atom is 0.338 e. The van der Waals surface area contributed by atoms with Gasteiger partial charge in [-0.25, -0.2) is 22.4 Å². The fourth-order valence-electron chi connectivity index (χ4n) is 3.08. The quantitative estimate of drug-likeness (QED) is 0.491. The number of nitrogens with zero attached hydrogens (tertiary/aromatic N) is 1. The molecule has 0 unspecified atom stereocenters. The molecule has 30 heavy (non-hydrogen) atoms. The van der Waals surface area contributed by atoms with Crippen LogP contribution in [0.4, 0.5) is 4.39 Å². The molecule has 1 aliphatic rings. The van der Waals surface area contributed by atoms with Gasteiger partial charge in [-0.2, -0.15) is 4.31 Å². The van der Waals surface area contributed by atoms with Crippen LogP contribution in [-0.4, -0.2) is 51.0 Å². The van der Waals surface area contributed by atoms with E-state index in [0.29, 0.717) is 31.5 Å². The van der Waals surface area contributed by atoms with Crippen molar-refractivity contribution in [1.82, 2.24) is 4.31 Å². The number of benzene rings is 2. The second kappa shape index (κ2) is 9.82. The summed E-state index contributed by atoms with van der Waals surface area (Å²) in [6, 6.07) is 11.4. The predicted octanol–water partition coefficient (Wildman–Crippen LogP) is 3.01. The standard InChI is InChI=1S/C21H22FNO6S/c22-18-10-9-17(15-19(18)30(26,27)23-11-5-2-6-12-23)21(25)29-14-13-28-20(24)16-7-3-1-4-8-16/h1,3-4,7-10,15H,2,5-6,11-14H2. The molecule has 1 fully saturated rings. The van der Waals surface area contributed by atoms with Gasteiger partial charge in [-0.3, -0.25) is 0 Å². The maximum absolute atomic E-state index is 14.2. The fraction of sp³-hybridized carbons (Fsp3) is 0.333. The number of hydrogen-bond acceptors (Lipinski definition) is 6. The van der Waals surface area contributed by atoms with E-state index in [4.69, 9.17) is 9.47 Å². The van der Waals surface area contributed by atoms with E-state index in [1.165, 1.54) is 4.31 Å². The van der Waals surface area contributed by atoms with Gasteiger partial charge >= 0.3 is 11.9 Å². The minimum atomic E-state index is -4.03. The minimum absolute atomic E-state index is 0.0960. The Bertz CT molecular complexity index is 1000. The normalized spacial score (nSPS) is 14.8. The number of ether oxygens (including phenoxy) is 2. The zero-order chi connectivity index (χ0) is 21.6. The summed E-state index contributed by atoms with van der Waals surface area (Å²) in [4.78, 5) is 23.5. The largest absolute Gasteiger partial charge is 0.458 e. The molecule has 1 saturated heterocycles. The lowest BCUT2D eigenvalue weighted by atomic mass is 10.2. The zero-order valence-electron chi connectivity index (χ0n) is 16.3. The second-order valence-corrected chi connectivity index (χ2v) is 8.65. The number of halogens is 1. The third-order valence-corrected chi connectivity index (χ3v) is 6.57. The molecule has 1 heterocycles. The molecule has 160 valence electrons. The van der Waals surface area contributed by atoms with E-state index in [1.54, 1.807) is 30.3 Å². The van der Waals surface area contributed by atoms with Gasteiger partial charge in [-0.1, -0.05) is 24.6 Å². The molecule has 0 amide bonds. The van der Waals surface area contributed by atoms with Crippen LogP contribution in [0.2, 0.25) is 0 Å². The van der Waals surface area contributed by atoms with Crippen molar-refractivity contribution in [2.75, 3.05) is 26.3 Å². The maximum atomic E-state index is 14.2. The van der Waals surface area contributed by atoms with Gasteiger partial charge in [0.15, 0.2) is 0 Å². The summed E-state index contributed by atoms with van der Waals surface area (Å²) in [5.74, 6) is -2.31. The highest BCUT2D eigenvalue weighted by Crippen LogP contribution is 2.24. The van der Waals surface area contributed by atoms with E-state index in [-0.39, 0.29) is 18.8 Å². The summed E-state index contributed by atoms with van der Waals surface area (Å²) < 4.78 is 50.9. The first-order valence-electron chi connectivity index (χ1n) is 9.58. The lowest BCUT2D eigenvalue weighted by Crippen LogP contribution is -2.36. The summed E-state index contributed by atoms with van der Waals surface area (Å²) in [6.45, 7) is 0.259. The highest BCUT2D eigenvalue weighted by molar-refractivity contribution is 7.89. The lowest BCUT2D eigenvalue weighted by Gasteiger charge is -2.26. The van der Waals surface area contributed by atoms with Crippen LogP contribution in [0.25, 0.3) is 0 Å². The summed E-state index contributed by atoms with van der Waals surface area (Å²) in [6.07, 6.45) is 2.35. The van der Waals surface area contributed by atoms with Gasteiger partial charge in [0.25, 0.3) is 0 Å². The molecule has 0 aliphatic carbocycles. The number of hydrogen-bond donors (Lipinski definition) is 0. The van der Waals surface area contributed by atoms with Gasteiger partial charge in [0.2, 0.25) is 10.0 Å². The van der Waals surface area contributed by atoms with Gasteiger partial charge in [0.1, 0.15) is 23.9 Å². The highest BCUT2D eigenvalue weighted by atomic mass is 32.2. The van der Waals surface area contributed by atoms with Crippen molar-refractivity contribution in [2.24, 2.45) is 0 Å². The van der Waals surface area contributed by atoms with E-state index < -0.39 is 32.7 Å².